The van der Waals surface area contributed by atoms with Crippen LogP contribution in [0, 0.1) is 0 Å². The number of hydrogen-bond acceptors (Lipinski definition) is 4. The summed E-state index contributed by atoms with van der Waals surface area (Å²) in [5, 5.41) is 18.6. The van der Waals surface area contributed by atoms with Crippen LogP contribution in [0.5, 0.6) is 0 Å². The van der Waals surface area contributed by atoms with Gasteiger partial charge in [0, 0.05) is 11.1 Å². The molecule has 1 rings (SSSR count). The lowest BCUT2D eigenvalue weighted by atomic mass is 9.79. The minimum atomic E-state index is -0.237. The third-order valence-electron chi connectivity index (χ3n) is 3.39. The smallest absolute Gasteiger partial charge is 0.1000 e. The molecule has 0 spiro atoms. The van der Waals surface area contributed by atoms with Gasteiger partial charge in [0.25, 0.3) is 0 Å². The minimum Gasteiger partial charge on any atom is -0.394 e. The Bertz CT molecular complexity index is 210. The number of aliphatic hydroxyl groups excluding tert-OH is 2. The highest BCUT2D eigenvalue weighted by Crippen LogP contribution is 2.37. The molecule has 1 heterocycles. The van der Waals surface area contributed by atoms with E-state index in [0.717, 1.165) is 12.8 Å². The molecule has 96 valence electrons. The van der Waals surface area contributed by atoms with Crippen LogP contribution in [0.3, 0.4) is 0 Å². The molecule has 0 aromatic heterocycles. The Hall–Kier alpha value is -0.160. The van der Waals surface area contributed by atoms with Gasteiger partial charge in [0.15, 0.2) is 0 Å². The van der Waals surface area contributed by atoms with E-state index < -0.39 is 0 Å². The van der Waals surface area contributed by atoms with Gasteiger partial charge in [-0.05, 0) is 40.5 Å². The first kappa shape index (κ1) is 13.9. The van der Waals surface area contributed by atoms with E-state index in [9.17, 15) is 5.11 Å². The first-order chi connectivity index (χ1) is 7.29. The molecule has 0 aromatic carbocycles. The van der Waals surface area contributed by atoms with Gasteiger partial charge in [0.1, 0.15) is 0 Å². The van der Waals surface area contributed by atoms with E-state index in [0.29, 0.717) is 13.3 Å². The highest BCUT2D eigenvalue weighted by Gasteiger charge is 2.44. The molecule has 2 N–H and O–H groups in total. The van der Waals surface area contributed by atoms with E-state index >= 15 is 0 Å². The van der Waals surface area contributed by atoms with E-state index in [4.69, 9.17) is 9.84 Å². The molecule has 1 fully saturated rings. The summed E-state index contributed by atoms with van der Waals surface area (Å²) < 4.78 is 5.42. The van der Waals surface area contributed by atoms with Crippen LogP contribution in [0.25, 0.3) is 0 Å². The zero-order chi connectivity index (χ0) is 12.4. The van der Waals surface area contributed by atoms with Gasteiger partial charge in [-0.2, -0.15) is 0 Å². The third kappa shape index (κ3) is 3.17. The standard InChI is InChI=1S/C12H25NO3/c1-11(2)7-10(15)8-12(3,4)13(11)9-16-6-5-14/h10,14-15H,5-9H2,1-4H3. The third-order valence-corrected chi connectivity index (χ3v) is 3.39. The van der Waals surface area contributed by atoms with Crippen molar-refractivity contribution in [2.75, 3.05) is 19.9 Å². The van der Waals surface area contributed by atoms with Gasteiger partial charge in [-0.25, -0.2) is 0 Å². The fourth-order valence-corrected chi connectivity index (χ4v) is 2.84. The lowest BCUT2D eigenvalue weighted by Crippen LogP contribution is -2.62. The second-order valence-corrected chi connectivity index (χ2v) is 5.88. The quantitative estimate of drug-likeness (QED) is 0.708. The fraction of sp³-hybridized carbons (Fsp3) is 1.00. The molecule has 1 aliphatic rings. The summed E-state index contributed by atoms with van der Waals surface area (Å²) in [6.45, 7) is 9.42. The van der Waals surface area contributed by atoms with Gasteiger partial charge >= 0.3 is 0 Å². The molecule has 16 heavy (non-hydrogen) atoms. The summed E-state index contributed by atoms with van der Waals surface area (Å²) >= 11 is 0. The number of nitrogens with zero attached hydrogens (tertiary/aromatic N) is 1. The van der Waals surface area contributed by atoms with Gasteiger partial charge in [0.05, 0.1) is 26.0 Å². The van der Waals surface area contributed by atoms with Crippen LogP contribution in [-0.2, 0) is 4.74 Å². The number of hydrogen-bond donors (Lipinski definition) is 2. The SMILES string of the molecule is CC1(C)CC(O)CC(C)(C)N1COCCO. The lowest BCUT2D eigenvalue weighted by molar-refractivity contribution is -0.136. The maximum absolute atomic E-state index is 9.86. The zero-order valence-electron chi connectivity index (χ0n) is 10.9. The Morgan fingerprint density at radius 1 is 1.19 bits per heavy atom. The first-order valence-corrected chi connectivity index (χ1v) is 5.94. The van der Waals surface area contributed by atoms with Gasteiger partial charge < -0.3 is 14.9 Å². The molecule has 0 saturated carbocycles. The van der Waals surface area contributed by atoms with Crippen molar-refractivity contribution < 1.29 is 14.9 Å². The van der Waals surface area contributed by atoms with Crippen molar-refractivity contribution in [3.8, 4) is 0 Å². The Labute approximate surface area is 98.2 Å². The van der Waals surface area contributed by atoms with Gasteiger partial charge in [-0.1, -0.05) is 0 Å². The summed E-state index contributed by atoms with van der Waals surface area (Å²) in [5.74, 6) is 0. The van der Waals surface area contributed by atoms with Gasteiger partial charge in [0.2, 0.25) is 0 Å². The molecule has 1 aliphatic heterocycles. The topological polar surface area (TPSA) is 52.9 Å². The van der Waals surface area contributed by atoms with E-state index in [1.807, 2.05) is 0 Å². The van der Waals surface area contributed by atoms with E-state index in [-0.39, 0.29) is 23.8 Å². The largest absolute Gasteiger partial charge is 0.394 e. The second-order valence-electron chi connectivity index (χ2n) is 5.88. The number of likely N-dealkylation sites (tertiary alicyclic amines) is 1. The van der Waals surface area contributed by atoms with Crippen molar-refractivity contribution in [1.82, 2.24) is 4.90 Å². The van der Waals surface area contributed by atoms with E-state index in [1.165, 1.54) is 0 Å². The van der Waals surface area contributed by atoms with Crippen molar-refractivity contribution in [2.24, 2.45) is 0 Å². The Morgan fingerprint density at radius 3 is 2.12 bits per heavy atom. The van der Waals surface area contributed by atoms with Crippen LogP contribution in [0.15, 0.2) is 0 Å². The zero-order valence-corrected chi connectivity index (χ0v) is 10.9. The highest BCUT2D eigenvalue weighted by atomic mass is 16.5. The summed E-state index contributed by atoms with van der Waals surface area (Å²) in [7, 11) is 0. The van der Waals surface area contributed by atoms with Crippen LogP contribution in [0.1, 0.15) is 40.5 Å². The van der Waals surface area contributed by atoms with Crippen LogP contribution >= 0.6 is 0 Å². The number of aliphatic hydroxyl groups is 2. The Morgan fingerprint density at radius 2 is 1.69 bits per heavy atom. The monoisotopic (exact) mass is 231 g/mol. The predicted octanol–water partition coefficient (Wildman–Crippen LogP) is 0.967. The van der Waals surface area contributed by atoms with E-state index in [2.05, 4.69) is 32.6 Å². The predicted molar refractivity (Wildman–Crippen MR) is 63.1 cm³/mol. The maximum Gasteiger partial charge on any atom is 0.1000 e. The number of ether oxygens (including phenoxy) is 1. The molecule has 0 radical (unpaired) electrons. The molecule has 1 saturated heterocycles. The molecular weight excluding hydrogens is 206 g/mol. The first-order valence-electron chi connectivity index (χ1n) is 5.94. The number of piperidine rings is 1. The average Bonchev–Trinajstić information content (AvgIpc) is 2.07. The Kier molecular flexibility index (Phi) is 4.35. The molecule has 0 aromatic rings. The summed E-state index contributed by atoms with van der Waals surface area (Å²) in [4.78, 5) is 2.27. The molecular formula is C12H25NO3. The summed E-state index contributed by atoms with van der Waals surface area (Å²) in [5.41, 5.74) is -0.146. The molecule has 0 bridgehead atoms. The maximum atomic E-state index is 9.86. The fourth-order valence-electron chi connectivity index (χ4n) is 2.84. The molecule has 0 atom stereocenters. The van der Waals surface area contributed by atoms with Crippen molar-refractivity contribution in [3.63, 3.8) is 0 Å². The molecule has 4 nitrogen and oxygen atoms in total. The lowest BCUT2D eigenvalue weighted by Gasteiger charge is -2.53. The molecule has 0 unspecified atom stereocenters. The summed E-state index contributed by atoms with van der Waals surface area (Å²) in [6.07, 6.45) is 1.29. The average molecular weight is 231 g/mol. The van der Waals surface area contributed by atoms with Crippen LogP contribution in [0.4, 0.5) is 0 Å². The normalized spacial score (nSPS) is 25.9. The Balaban J connectivity index is 2.68. The second kappa shape index (κ2) is 5.00. The van der Waals surface area contributed by atoms with Crippen LogP contribution in [-0.4, -0.2) is 52.2 Å². The van der Waals surface area contributed by atoms with E-state index in [1.54, 1.807) is 0 Å². The highest BCUT2D eigenvalue weighted by molar-refractivity contribution is 4.99. The molecule has 4 heteroatoms. The van der Waals surface area contributed by atoms with Gasteiger partial charge in [-0.15, -0.1) is 0 Å². The van der Waals surface area contributed by atoms with Gasteiger partial charge in [-0.3, -0.25) is 4.90 Å². The van der Waals surface area contributed by atoms with Crippen molar-refractivity contribution >= 4 is 0 Å². The van der Waals surface area contributed by atoms with Crippen LogP contribution < -0.4 is 0 Å². The van der Waals surface area contributed by atoms with Crippen molar-refractivity contribution in [3.05, 3.63) is 0 Å². The van der Waals surface area contributed by atoms with Crippen molar-refractivity contribution in [2.45, 2.75) is 57.7 Å². The number of rotatable bonds is 4. The molecule has 0 amide bonds. The molecule has 0 aliphatic carbocycles. The summed E-state index contributed by atoms with van der Waals surface area (Å²) in [6, 6.07) is 0. The van der Waals surface area contributed by atoms with Crippen molar-refractivity contribution in [1.29, 1.82) is 0 Å². The van der Waals surface area contributed by atoms with Crippen LogP contribution in [0.2, 0.25) is 0 Å². The minimum absolute atomic E-state index is 0.0529.